The van der Waals surface area contributed by atoms with E-state index in [9.17, 15) is 4.39 Å². The number of nitrogens with zero attached hydrogens (tertiary/aromatic N) is 4. The Hall–Kier alpha value is -1.60. The Kier molecular flexibility index (Phi) is 6.42. The van der Waals surface area contributed by atoms with Gasteiger partial charge >= 0.3 is 0 Å². The van der Waals surface area contributed by atoms with Gasteiger partial charge in [0.25, 0.3) is 0 Å². The van der Waals surface area contributed by atoms with E-state index in [1.54, 1.807) is 6.07 Å². The average Bonchev–Trinajstić information content (AvgIpc) is 3.04. The van der Waals surface area contributed by atoms with E-state index in [4.69, 9.17) is 23.2 Å². The van der Waals surface area contributed by atoms with Gasteiger partial charge in [-0.25, -0.2) is 4.39 Å². The van der Waals surface area contributed by atoms with Gasteiger partial charge in [0.2, 0.25) is 0 Å². The van der Waals surface area contributed by atoms with Crippen molar-refractivity contribution in [1.82, 2.24) is 19.7 Å². The SMILES string of the molecule is CC(c1nnc(SCc2ccc(F)cc2Cl)n1-c1ccc(Cl)cc1)N(C)C. The first-order chi connectivity index (χ1) is 12.9. The minimum atomic E-state index is -0.347. The second-order valence-electron chi connectivity index (χ2n) is 6.32. The number of rotatable bonds is 6. The van der Waals surface area contributed by atoms with E-state index in [-0.39, 0.29) is 11.9 Å². The van der Waals surface area contributed by atoms with Gasteiger partial charge < -0.3 is 0 Å². The summed E-state index contributed by atoms with van der Waals surface area (Å²) in [6.07, 6.45) is 0. The monoisotopic (exact) mass is 424 g/mol. The molecule has 0 bridgehead atoms. The first kappa shape index (κ1) is 20.1. The molecule has 1 aromatic heterocycles. The summed E-state index contributed by atoms with van der Waals surface area (Å²) in [6.45, 7) is 2.07. The van der Waals surface area contributed by atoms with Crippen LogP contribution in [0.25, 0.3) is 5.69 Å². The molecule has 0 aliphatic carbocycles. The fourth-order valence-corrected chi connectivity index (χ4v) is 3.89. The van der Waals surface area contributed by atoms with E-state index in [0.29, 0.717) is 15.8 Å². The van der Waals surface area contributed by atoms with E-state index >= 15 is 0 Å². The van der Waals surface area contributed by atoms with Crippen molar-refractivity contribution in [3.8, 4) is 5.69 Å². The van der Waals surface area contributed by atoms with Crippen LogP contribution in [0.1, 0.15) is 24.4 Å². The lowest BCUT2D eigenvalue weighted by molar-refractivity contribution is 0.305. The zero-order chi connectivity index (χ0) is 19.6. The van der Waals surface area contributed by atoms with Gasteiger partial charge in [-0.15, -0.1) is 10.2 Å². The van der Waals surface area contributed by atoms with Gasteiger partial charge in [0.1, 0.15) is 5.82 Å². The maximum absolute atomic E-state index is 13.3. The van der Waals surface area contributed by atoms with Crippen LogP contribution < -0.4 is 0 Å². The molecule has 0 N–H and O–H groups in total. The summed E-state index contributed by atoms with van der Waals surface area (Å²) in [5.41, 5.74) is 1.77. The topological polar surface area (TPSA) is 34.0 Å². The van der Waals surface area contributed by atoms with Crippen LogP contribution in [-0.4, -0.2) is 33.8 Å². The summed E-state index contributed by atoms with van der Waals surface area (Å²) in [6, 6.07) is 12.0. The Morgan fingerprint density at radius 2 is 1.81 bits per heavy atom. The molecule has 27 heavy (non-hydrogen) atoms. The molecule has 0 saturated heterocycles. The molecule has 0 saturated carbocycles. The van der Waals surface area contributed by atoms with Crippen LogP contribution in [-0.2, 0) is 5.75 Å². The van der Waals surface area contributed by atoms with Gasteiger partial charge in [-0.05, 0) is 63.0 Å². The summed E-state index contributed by atoms with van der Waals surface area (Å²) in [5.74, 6) is 1.04. The highest BCUT2D eigenvalue weighted by atomic mass is 35.5. The third-order valence-corrected chi connectivity index (χ3v) is 5.84. The van der Waals surface area contributed by atoms with Crippen LogP contribution in [0, 0.1) is 5.82 Å². The Morgan fingerprint density at radius 1 is 1.11 bits per heavy atom. The van der Waals surface area contributed by atoms with Crippen molar-refractivity contribution in [2.24, 2.45) is 0 Å². The third kappa shape index (κ3) is 4.63. The summed E-state index contributed by atoms with van der Waals surface area (Å²) in [5, 5.41) is 10.6. The van der Waals surface area contributed by atoms with Gasteiger partial charge in [0, 0.05) is 21.5 Å². The van der Waals surface area contributed by atoms with E-state index in [1.807, 2.05) is 42.9 Å². The van der Waals surface area contributed by atoms with Crippen LogP contribution in [0.5, 0.6) is 0 Å². The largest absolute Gasteiger partial charge is 0.300 e. The lowest BCUT2D eigenvalue weighted by atomic mass is 10.2. The lowest BCUT2D eigenvalue weighted by Crippen LogP contribution is -2.20. The molecule has 8 heteroatoms. The lowest BCUT2D eigenvalue weighted by Gasteiger charge is -2.20. The number of hydrogen-bond donors (Lipinski definition) is 0. The first-order valence-electron chi connectivity index (χ1n) is 8.31. The van der Waals surface area contributed by atoms with Gasteiger partial charge in [0.15, 0.2) is 11.0 Å². The highest BCUT2D eigenvalue weighted by molar-refractivity contribution is 7.98. The molecule has 0 radical (unpaired) electrons. The summed E-state index contributed by atoms with van der Waals surface area (Å²) in [7, 11) is 3.99. The molecule has 1 atom stereocenters. The zero-order valence-corrected chi connectivity index (χ0v) is 17.5. The van der Waals surface area contributed by atoms with Gasteiger partial charge in [-0.2, -0.15) is 0 Å². The molecule has 4 nitrogen and oxygen atoms in total. The average molecular weight is 425 g/mol. The maximum Gasteiger partial charge on any atom is 0.196 e. The van der Waals surface area contributed by atoms with Crippen molar-refractivity contribution in [2.45, 2.75) is 23.9 Å². The van der Waals surface area contributed by atoms with Crippen LogP contribution in [0.4, 0.5) is 4.39 Å². The fourth-order valence-electron chi connectivity index (χ4n) is 2.49. The Bertz CT molecular complexity index is 928. The zero-order valence-electron chi connectivity index (χ0n) is 15.2. The summed E-state index contributed by atoms with van der Waals surface area (Å²) >= 11 is 13.7. The predicted molar refractivity (Wildman–Crippen MR) is 109 cm³/mol. The Balaban J connectivity index is 1.95. The Labute approximate surface area is 172 Å². The molecule has 142 valence electrons. The molecule has 3 aromatic rings. The highest BCUT2D eigenvalue weighted by Gasteiger charge is 2.21. The van der Waals surface area contributed by atoms with Crippen molar-refractivity contribution in [3.63, 3.8) is 0 Å². The van der Waals surface area contributed by atoms with E-state index in [0.717, 1.165) is 22.2 Å². The number of halogens is 3. The number of thioether (sulfide) groups is 1. The molecule has 0 aliphatic rings. The summed E-state index contributed by atoms with van der Waals surface area (Å²) in [4.78, 5) is 2.07. The summed E-state index contributed by atoms with van der Waals surface area (Å²) < 4.78 is 15.3. The minimum Gasteiger partial charge on any atom is -0.300 e. The normalized spacial score (nSPS) is 12.6. The number of hydrogen-bond acceptors (Lipinski definition) is 4. The molecule has 1 heterocycles. The molecule has 3 rings (SSSR count). The van der Waals surface area contributed by atoms with E-state index in [1.165, 1.54) is 23.9 Å². The van der Waals surface area contributed by atoms with Crippen molar-refractivity contribution in [2.75, 3.05) is 14.1 Å². The predicted octanol–water partition coefficient (Wildman–Crippen LogP) is 5.63. The van der Waals surface area contributed by atoms with E-state index < -0.39 is 0 Å². The second-order valence-corrected chi connectivity index (χ2v) is 8.10. The molecule has 2 aromatic carbocycles. The van der Waals surface area contributed by atoms with Crippen molar-refractivity contribution < 1.29 is 4.39 Å². The molecule has 0 fully saturated rings. The van der Waals surface area contributed by atoms with Crippen LogP contribution in [0.15, 0.2) is 47.6 Å². The fraction of sp³-hybridized carbons (Fsp3) is 0.263. The molecule has 0 amide bonds. The van der Waals surface area contributed by atoms with Crippen LogP contribution >= 0.6 is 35.0 Å². The van der Waals surface area contributed by atoms with Crippen molar-refractivity contribution >= 4 is 35.0 Å². The standard InChI is InChI=1S/C19H19Cl2FN4S/c1-12(25(2)3)18-23-24-19(26(18)16-8-5-14(20)6-9-16)27-11-13-4-7-15(22)10-17(13)21/h4-10,12H,11H2,1-3H3. The minimum absolute atomic E-state index is 0.0666. The molecule has 0 aliphatic heterocycles. The quantitative estimate of drug-likeness (QED) is 0.480. The van der Waals surface area contributed by atoms with Crippen LogP contribution in [0.3, 0.4) is 0 Å². The molecular weight excluding hydrogens is 406 g/mol. The second kappa shape index (κ2) is 8.61. The maximum atomic E-state index is 13.3. The van der Waals surface area contributed by atoms with Crippen molar-refractivity contribution in [1.29, 1.82) is 0 Å². The Morgan fingerprint density at radius 3 is 2.44 bits per heavy atom. The van der Waals surface area contributed by atoms with Gasteiger partial charge in [-0.3, -0.25) is 9.47 Å². The van der Waals surface area contributed by atoms with Crippen LogP contribution in [0.2, 0.25) is 10.0 Å². The number of benzene rings is 2. The number of aromatic nitrogens is 3. The smallest absolute Gasteiger partial charge is 0.196 e. The highest BCUT2D eigenvalue weighted by Crippen LogP contribution is 2.31. The molecule has 1 unspecified atom stereocenters. The van der Waals surface area contributed by atoms with Crippen molar-refractivity contribution in [3.05, 3.63) is 69.7 Å². The molecule has 0 spiro atoms. The first-order valence-corrected chi connectivity index (χ1v) is 10.1. The van der Waals surface area contributed by atoms with E-state index in [2.05, 4.69) is 22.0 Å². The third-order valence-electron chi connectivity index (χ3n) is 4.26. The molecular formula is C19H19Cl2FN4S. The van der Waals surface area contributed by atoms with Gasteiger partial charge in [0.05, 0.1) is 6.04 Å². The van der Waals surface area contributed by atoms with Gasteiger partial charge in [-0.1, -0.05) is 41.0 Å².